The van der Waals surface area contributed by atoms with Crippen LogP contribution >= 0.6 is 0 Å². The van der Waals surface area contributed by atoms with E-state index in [1.165, 1.54) is 0 Å². The molecule has 0 aliphatic carbocycles. The van der Waals surface area contributed by atoms with Crippen LogP contribution in [-0.2, 0) is 16.1 Å². The van der Waals surface area contributed by atoms with Gasteiger partial charge in [0.25, 0.3) is 0 Å². The van der Waals surface area contributed by atoms with Gasteiger partial charge in [0.1, 0.15) is 0 Å². The predicted molar refractivity (Wildman–Crippen MR) is 86.1 cm³/mol. The van der Waals surface area contributed by atoms with Gasteiger partial charge in [-0.1, -0.05) is 30.3 Å². The van der Waals surface area contributed by atoms with Gasteiger partial charge in [0.15, 0.2) is 0 Å². The first-order valence-electron chi connectivity index (χ1n) is 7.99. The summed E-state index contributed by atoms with van der Waals surface area (Å²) in [6.07, 6.45) is 1.64. The number of likely N-dealkylation sites (N-methyl/N-ethyl adjacent to an activating group) is 1. The van der Waals surface area contributed by atoms with Crippen LogP contribution in [0.2, 0.25) is 0 Å². The lowest BCUT2D eigenvalue weighted by Crippen LogP contribution is -2.44. The highest BCUT2D eigenvalue weighted by Gasteiger charge is 2.25. The highest BCUT2D eigenvalue weighted by molar-refractivity contribution is 5.79. The summed E-state index contributed by atoms with van der Waals surface area (Å²) in [6.45, 7) is 5.21. The molecule has 1 heterocycles. The number of nitrogens with zero attached hydrogens (tertiary/aromatic N) is 1. The molecule has 5 nitrogen and oxygen atoms in total. The molecule has 0 bridgehead atoms. The van der Waals surface area contributed by atoms with E-state index in [0.29, 0.717) is 19.6 Å². The average Bonchev–Trinajstić information content (AvgIpc) is 2.54. The maximum absolute atomic E-state index is 12.2. The Morgan fingerprint density at radius 1 is 1.14 bits per heavy atom. The van der Waals surface area contributed by atoms with Crippen molar-refractivity contribution in [2.45, 2.75) is 26.3 Å². The minimum atomic E-state index is 0.0641. The number of likely N-dealkylation sites (tertiary alicyclic amines) is 1. The van der Waals surface area contributed by atoms with Crippen molar-refractivity contribution >= 4 is 11.8 Å². The topological polar surface area (TPSA) is 61.4 Å². The van der Waals surface area contributed by atoms with Crippen molar-refractivity contribution < 1.29 is 9.59 Å². The number of hydrogen-bond acceptors (Lipinski definition) is 3. The van der Waals surface area contributed by atoms with Crippen molar-refractivity contribution in [3.63, 3.8) is 0 Å². The van der Waals surface area contributed by atoms with E-state index in [1.54, 1.807) is 0 Å². The molecule has 1 saturated heterocycles. The molecule has 0 unspecified atom stereocenters. The third kappa shape index (κ3) is 5.15. The molecule has 1 fully saturated rings. The smallest absolute Gasteiger partial charge is 0.234 e. The Kier molecular flexibility index (Phi) is 6.40. The summed E-state index contributed by atoms with van der Waals surface area (Å²) < 4.78 is 0. The van der Waals surface area contributed by atoms with Crippen molar-refractivity contribution in [2.24, 2.45) is 5.92 Å². The molecule has 0 spiro atoms. The summed E-state index contributed by atoms with van der Waals surface area (Å²) in [5.74, 6) is 0.255. The molecule has 0 aromatic heterocycles. The highest BCUT2D eigenvalue weighted by atomic mass is 16.2. The van der Waals surface area contributed by atoms with Crippen LogP contribution in [0, 0.1) is 5.92 Å². The third-order valence-electron chi connectivity index (χ3n) is 4.01. The van der Waals surface area contributed by atoms with Gasteiger partial charge in [-0.05, 0) is 38.4 Å². The Labute approximate surface area is 132 Å². The predicted octanol–water partition coefficient (Wildman–Crippen LogP) is 1.15. The van der Waals surface area contributed by atoms with Crippen molar-refractivity contribution in [2.75, 3.05) is 26.2 Å². The maximum atomic E-state index is 12.2. The number of amides is 2. The molecule has 5 heteroatoms. The first-order chi connectivity index (χ1) is 10.7. The molecule has 2 N–H and O–H groups in total. The summed E-state index contributed by atoms with van der Waals surface area (Å²) in [5.41, 5.74) is 1.12. The molecule has 0 saturated carbocycles. The van der Waals surface area contributed by atoms with E-state index in [9.17, 15) is 9.59 Å². The third-order valence-corrected chi connectivity index (χ3v) is 4.01. The SMILES string of the molecule is CCNC(=O)CN1CCC(C(=O)NCc2ccccc2)CC1. The van der Waals surface area contributed by atoms with E-state index < -0.39 is 0 Å². The van der Waals surface area contributed by atoms with Crippen molar-refractivity contribution in [1.82, 2.24) is 15.5 Å². The van der Waals surface area contributed by atoms with E-state index in [4.69, 9.17) is 0 Å². The van der Waals surface area contributed by atoms with Crippen LogP contribution in [0.5, 0.6) is 0 Å². The summed E-state index contributed by atoms with van der Waals surface area (Å²) in [7, 11) is 0. The van der Waals surface area contributed by atoms with Gasteiger partial charge in [0.2, 0.25) is 11.8 Å². The largest absolute Gasteiger partial charge is 0.355 e. The van der Waals surface area contributed by atoms with Gasteiger partial charge >= 0.3 is 0 Å². The Morgan fingerprint density at radius 2 is 1.82 bits per heavy atom. The molecule has 1 aliphatic rings. The van der Waals surface area contributed by atoms with Crippen molar-refractivity contribution in [3.8, 4) is 0 Å². The van der Waals surface area contributed by atoms with Crippen LogP contribution < -0.4 is 10.6 Å². The van der Waals surface area contributed by atoms with E-state index in [1.807, 2.05) is 37.3 Å². The molecule has 0 atom stereocenters. The van der Waals surface area contributed by atoms with Crippen LogP contribution in [0.25, 0.3) is 0 Å². The number of carbonyl (C=O) groups is 2. The fourth-order valence-corrected chi connectivity index (χ4v) is 2.74. The number of piperidine rings is 1. The molecule has 1 aliphatic heterocycles. The number of hydrogen-bond donors (Lipinski definition) is 2. The fraction of sp³-hybridized carbons (Fsp3) is 0.529. The first-order valence-corrected chi connectivity index (χ1v) is 7.99. The zero-order valence-electron chi connectivity index (χ0n) is 13.2. The summed E-state index contributed by atoms with van der Waals surface area (Å²) in [4.78, 5) is 25.9. The molecular weight excluding hydrogens is 278 g/mol. The Bertz CT molecular complexity index is 482. The lowest BCUT2D eigenvalue weighted by Gasteiger charge is -2.30. The molecule has 2 amide bonds. The molecule has 22 heavy (non-hydrogen) atoms. The number of nitrogens with one attached hydrogen (secondary N) is 2. The second-order valence-corrected chi connectivity index (χ2v) is 5.71. The fourth-order valence-electron chi connectivity index (χ4n) is 2.74. The summed E-state index contributed by atoms with van der Waals surface area (Å²) in [5, 5.41) is 5.81. The van der Waals surface area contributed by atoms with Crippen LogP contribution in [0.4, 0.5) is 0 Å². The average molecular weight is 303 g/mol. The minimum absolute atomic E-state index is 0.0641. The molecular formula is C17H25N3O2. The van der Waals surface area contributed by atoms with E-state index in [0.717, 1.165) is 31.5 Å². The molecule has 2 rings (SSSR count). The van der Waals surface area contributed by atoms with E-state index in [2.05, 4.69) is 15.5 Å². The maximum Gasteiger partial charge on any atom is 0.234 e. The minimum Gasteiger partial charge on any atom is -0.355 e. The monoisotopic (exact) mass is 303 g/mol. The second-order valence-electron chi connectivity index (χ2n) is 5.71. The molecule has 1 aromatic carbocycles. The van der Waals surface area contributed by atoms with Crippen molar-refractivity contribution in [1.29, 1.82) is 0 Å². The molecule has 0 radical (unpaired) electrons. The summed E-state index contributed by atoms with van der Waals surface area (Å²) >= 11 is 0. The van der Waals surface area contributed by atoms with Gasteiger partial charge in [-0.25, -0.2) is 0 Å². The number of rotatable bonds is 6. The van der Waals surface area contributed by atoms with E-state index >= 15 is 0 Å². The van der Waals surface area contributed by atoms with Gasteiger partial charge < -0.3 is 10.6 Å². The second kappa shape index (κ2) is 8.54. The normalized spacial score (nSPS) is 16.2. The van der Waals surface area contributed by atoms with Crippen molar-refractivity contribution in [3.05, 3.63) is 35.9 Å². The lowest BCUT2D eigenvalue weighted by atomic mass is 9.96. The number of carbonyl (C=O) groups excluding carboxylic acids is 2. The Balaban J connectivity index is 1.69. The summed E-state index contributed by atoms with van der Waals surface area (Å²) in [6, 6.07) is 9.93. The number of benzene rings is 1. The Morgan fingerprint density at radius 3 is 2.45 bits per heavy atom. The van der Waals surface area contributed by atoms with Gasteiger partial charge in [-0.2, -0.15) is 0 Å². The van der Waals surface area contributed by atoms with Gasteiger partial charge in [-0.15, -0.1) is 0 Å². The highest BCUT2D eigenvalue weighted by Crippen LogP contribution is 2.17. The van der Waals surface area contributed by atoms with Gasteiger partial charge in [-0.3, -0.25) is 14.5 Å². The zero-order chi connectivity index (χ0) is 15.8. The van der Waals surface area contributed by atoms with Crippen LogP contribution in [0.3, 0.4) is 0 Å². The lowest BCUT2D eigenvalue weighted by molar-refractivity contribution is -0.127. The van der Waals surface area contributed by atoms with E-state index in [-0.39, 0.29) is 17.7 Å². The quantitative estimate of drug-likeness (QED) is 0.829. The molecule has 1 aromatic rings. The van der Waals surface area contributed by atoms with Crippen LogP contribution in [0.15, 0.2) is 30.3 Å². The van der Waals surface area contributed by atoms with Gasteiger partial charge in [0, 0.05) is 19.0 Å². The Hall–Kier alpha value is -1.88. The van der Waals surface area contributed by atoms with Crippen LogP contribution in [-0.4, -0.2) is 42.9 Å². The van der Waals surface area contributed by atoms with Crippen LogP contribution in [0.1, 0.15) is 25.3 Å². The zero-order valence-corrected chi connectivity index (χ0v) is 13.2. The standard InChI is InChI=1S/C17H25N3O2/c1-2-18-16(21)13-20-10-8-15(9-11-20)17(22)19-12-14-6-4-3-5-7-14/h3-7,15H,2,8-13H2,1H3,(H,18,21)(H,19,22). The first kappa shape index (κ1) is 16.5. The van der Waals surface area contributed by atoms with Gasteiger partial charge in [0.05, 0.1) is 6.54 Å². The molecule has 120 valence electrons.